The highest BCUT2D eigenvalue weighted by Crippen LogP contribution is 2.23. The summed E-state index contributed by atoms with van der Waals surface area (Å²) in [6.45, 7) is 5.58. The number of aryl methyl sites for hydroxylation is 1. The van der Waals surface area contributed by atoms with Crippen molar-refractivity contribution in [2.45, 2.75) is 32.2 Å². The Morgan fingerprint density at radius 1 is 1.18 bits per heavy atom. The molecule has 0 bridgehead atoms. The lowest BCUT2D eigenvalue weighted by Gasteiger charge is -2.11. The first-order valence-corrected chi connectivity index (χ1v) is 8.70. The van der Waals surface area contributed by atoms with E-state index in [4.69, 9.17) is 0 Å². The van der Waals surface area contributed by atoms with Gasteiger partial charge in [-0.15, -0.1) is 0 Å². The first kappa shape index (κ1) is 16.2. The number of sulfone groups is 1. The second kappa shape index (κ2) is 5.57. The smallest absolute Gasteiger partial charge is 0.277 e. The van der Waals surface area contributed by atoms with Crippen LogP contribution in [0.2, 0.25) is 0 Å². The van der Waals surface area contributed by atoms with Crippen molar-refractivity contribution in [2.75, 3.05) is 6.26 Å². The van der Waals surface area contributed by atoms with E-state index in [-0.39, 0.29) is 16.0 Å². The van der Waals surface area contributed by atoms with Gasteiger partial charge in [-0.2, -0.15) is 0 Å². The van der Waals surface area contributed by atoms with Crippen LogP contribution in [0.25, 0.3) is 0 Å². The minimum Gasteiger partial charge on any atom is -0.302 e. The maximum Gasteiger partial charge on any atom is 0.277 e. The molecule has 6 nitrogen and oxygen atoms in total. The van der Waals surface area contributed by atoms with Gasteiger partial charge >= 0.3 is 0 Å². The summed E-state index contributed by atoms with van der Waals surface area (Å²) >= 11 is 0. The monoisotopic (exact) mass is 322 g/mol. The average molecular weight is 322 g/mol. The predicted molar refractivity (Wildman–Crippen MR) is 83.2 cm³/mol. The molecule has 118 valence electrons. The standard InChI is InChI=1S/C15H18N2O4S/c1-5-17-15(19)12(8-16-17)14(18)11-6-7-13(22(4,20)21)10(3)9(11)2/h6-8,16H,5H2,1-4H3. The van der Waals surface area contributed by atoms with Crippen LogP contribution in [-0.4, -0.2) is 30.2 Å². The zero-order chi connectivity index (χ0) is 16.7. The Bertz CT molecular complexity index is 904. The van der Waals surface area contributed by atoms with E-state index < -0.39 is 15.6 Å². The number of hydrogen-bond acceptors (Lipinski definition) is 4. The molecule has 2 aromatic rings. The van der Waals surface area contributed by atoms with E-state index in [1.54, 1.807) is 20.8 Å². The van der Waals surface area contributed by atoms with E-state index in [1.165, 1.54) is 23.0 Å². The number of benzene rings is 1. The SMILES string of the molecule is CCn1[nH]cc(C(=O)c2ccc(S(C)(=O)=O)c(C)c2C)c1=O. The number of nitrogens with one attached hydrogen (secondary N) is 1. The summed E-state index contributed by atoms with van der Waals surface area (Å²) in [5.41, 5.74) is 1.11. The largest absolute Gasteiger partial charge is 0.302 e. The summed E-state index contributed by atoms with van der Waals surface area (Å²) in [6, 6.07) is 2.87. The van der Waals surface area contributed by atoms with Crippen LogP contribution in [-0.2, 0) is 16.4 Å². The average Bonchev–Trinajstić information content (AvgIpc) is 2.80. The summed E-state index contributed by atoms with van der Waals surface area (Å²) < 4.78 is 24.8. The number of hydrogen-bond donors (Lipinski definition) is 1. The molecule has 0 saturated heterocycles. The molecule has 0 amide bonds. The molecule has 0 fully saturated rings. The highest BCUT2D eigenvalue weighted by molar-refractivity contribution is 7.90. The van der Waals surface area contributed by atoms with E-state index in [0.29, 0.717) is 23.2 Å². The van der Waals surface area contributed by atoms with E-state index >= 15 is 0 Å². The topological polar surface area (TPSA) is 89.0 Å². The van der Waals surface area contributed by atoms with Gasteiger partial charge in [0.05, 0.1) is 4.90 Å². The molecule has 0 atom stereocenters. The zero-order valence-corrected chi connectivity index (χ0v) is 13.7. The molecule has 1 heterocycles. The van der Waals surface area contributed by atoms with Crippen molar-refractivity contribution in [1.82, 2.24) is 9.78 Å². The van der Waals surface area contributed by atoms with E-state index in [9.17, 15) is 18.0 Å². The Morgan fingerprint density at radius 3 is 2.32 bits per heavy atom. The van der Waals surface area contributed by atoms with Gasteiger partial charge in [-0.1, -0.05) is 0 Å². The van der Waals surface area contributed by atoms with Gasteiger partial charge in [0.1, 0.15) is 5.56 Å². The molecule has 2 rings (SSSR count). The Morgan fingerprint density at radius 2 is 1.82 bits per heavy atom. The molecule has 0 aliphatic carbocycles. The normalized spacial score (nSPS) is 11.6. The molecular formula is C15H18N2O4S. The number of carbonyl (C=O) groups excluding carboxylic acids is 1. The molecule has 0 radical (unpaired) electrons. The molecule has 7 heteroatoms. The van der Waals surface area contributed by atoms with Crippen LogP contribution in [0.3, 0.4) is 0 Å². The second-order valence-electron chi connectivity index (χ2n) is 5.20. The Balaban J connectivity index is 2.59. The fourth-order valence-corrected chi connectivity index (χ4v) is 3.42. The predicted octanol–water partition coefficient (Wildman–Crippen LogP) is 1.45. The zero-order valence-electron chi connectivity index (χ0n) is 12.9. The summed E-state index contributed by atoms with van der Waals surface area (Å²) in [5, 5.41) is 2.73. The molecule has 1 N–H and O–H groups in total. The molecule has 0 spiro atoms. The minimum absolute atomic E-state index is 0.0523. The Hall–Kier alpha value is -2.15. The van der Waals surface area contributed by atoms with Crippen LogP contribution in [0, 0.1) is 13.8 Å². The summed E-state index contributed by atoms with van der Waals surface area (Å²) in [6.07, 6.45) is 2.51. The summed E-state index contributed by atoms with van der Waals surface area (Å²) in [4.78, 5) is 24.8. The van der Waals surface area contributed by atoms with Gasteiger partial charge in [0.2, 0.25) is 0 Å². The second-order valence-corrected chi connectivity index (χ2v) is 7.18. The molecule has 0 aliphatic heterocycles. The van der Waals surface area contributed by atoms with E-state index in [2.05, 4.69) is 5.10 Å². The van der Waals surface area contributed by atoms with Crippen molar-refractivity contribution in [2.24, 2.45) is 0 Å². The Labute approximate surface area is 128 Å². The lowest BCUT2D eigenvalue weighted by atomic mass is 9.97. The van der Waals surface area contributed by atoms with Crippen LogP contribution < -0.4 is 5.56 Å². The first-order chi connectivity index (χ1) is 10.2. The van der Waals surface area contributed by atoms with E-state index in [1.807, 2.05) is 0 Å². The third kappa shape index (κ3) is 2.64. The van der Waals surface area contributed by atoms with Crippen molar-refractivity contribution >= 4 is 15.6 Å². The highest BCUT2D eigenvalue weighted by atomic mass is 32.2. The van der Waals surface area contributed by atoms with Crippen molar-refractivity contribution in [3.63, 3.8) is 0 Å². The molecule has 0 saturated carbocycles. The number of aromatic amines is 1. The third-order valence-corrected chi connectivity index (χ3v) is 5.02. The highest BCUT2D eigenvalue weighted by Gasteiger charge is 2.21. The minimum atomic E-state index is -3.35. The van der Waals surface area contributed by atoms with Gasteiger partial charge in [-0.3, -0.25) is 14.3 Å². The molecule has 1 aromatic heterocycles. The maximum atomic E-state index is 12.5. The van der Waals surface area contributed by atoms with Gasteiger partial charge in [0, 0.05) is 24.6 Å². The quantitative estimate of drug-likeness (QED) is 0.863. The van der Waals surface area contributed by atoms with Crippen LogP contribution in [0.15, 0.2) is 28.0 Å². The number of H-pyrrole nitrogens is 1. The number of aromatic nitrogens is 2. The molecular weight excluding hydrogens is 304 g/mol. The summed E-state index contributed by atoms with van der Waals surface area (Å²) in [7, 11) is -3.35. The van der Waals surface area contributed by atoms with Gasteiger partial charge in [-0.25, -0.2) is 8.42 Å². The van der Waals surface area contributed by atoms with Crippen molar-refractivity contribution < 1.29 is 13.2 Å². The molecule has 22 heavy (non-hydrogen) atoms. The van der Waals surface area contributed by atoms with Gasteiger partial charge in [-0.05, 0) is 44.0 Å². The van der Waals surface area contributed by atoms with Crippen molar-refractivity contribution in [3.8, 4) is 0 Å². The van der Waals surface area contributed by atoms with Gasteiger partial charge in [0.15, 0.2) is 15.6 Å². The van der Waals surface area contributed by atoms with Crippen LogP contribution in [0.1, 0.15) is 34.0 Å². The lowest BCUT2D eigenvalue weighted by molar-refractivity contribution is 0.103. The number of carbonyl (C=O) groups is 1. The molecule has 0 aliphatic rings. The lowest BCUT2D eigenvalue weighted by Crippen LogP contribution is -2.21. The van der Waals surface area contributed by atoms with Crippen molar-refractivity contribution in [3.05, 3.63) is 50.9 Å². The van der Waals surface area contributed by atoms with Crippen molar-refractivity contribution in [1.29, 1.82) is 0 Å². The number of ketones is 1. The third-order valence-electron chi connectivity index (χ3n) is 3.78. The number of nitrogens with zero attached hydrogens (tertiary/aromatic N) is 1. The van der Waals surface area contributed by atoms with Crippen LogP contribution in [0.5, 0.6) is 0 Å². The van der Waals surface area contributed by atoms with Gasteiger partial charge in [0.25, 0.3) is 5.56 Å². The van der Waals surface area contributed by atoms with E-state index in [0.717, 1.165) is 6.26 Å². The molecule has 1 aromatic carbocycles. The number of rotatable bonds is 4. The van der Waals surface area contributed by atoms with Crippen LogP contribution >= 0.6 is 0 Å². The first-order valence-electron chi connectivity index (χ1n) is 6.81. The van der Waals surface area contributed by atoms with Gasteiger partial charge < -0.3 is 5.10 Å². The molecule has 0 unspecified atom stereocenters. The fourth-order valence-electron chi connectivity index (χ4n) is 2.39. The Kier molecular flexibility index (Phi) is 4.10. The summed E-state index contributed by atoms with van der Waals surface area (Å²) in [5.74, 6) is -0.408. The maximum absolute atomic E-state index is 12.5. The van der Waals surface area contributed by atoms with Crippen LogP contribution in [0.4, 0.5) is 0 Å². The fraction of sp³-hybridized carbons (Fsp3) is 0.333.